The third kappa shape index (κ3) is 1.73. The van der Waals surface area contributed by atoms with Crippen LogP contribution in [0.3, 0.4) is 0 Å². The standard InChI is InChI=1S/C11H15N3O2/c1-4-9-12-5-8-6-16-11(15)14(7(2)3)10(8)13-9/h5,7H,4,6H2,1-3H3. The maximum absolute atomic E-state index is 11.6. The number of cyclic esters (lactones) is 1. The number of hydrogen-bond acceptors (Lipinski definition) is 4. The number of fused-ring (bicyclic) bond motifs is 1. The number of rotatable bonds is 2. The van der Waals surface area contributed by atoms with Gasteiger partial charge in [0.05, 0.1) is 5.56 Å². The summed E-state index contributed by atoms with van der Waals surface area (Å²) in [7, 11) is 0. The van der Waals surface area contributed by atoms with Crippen LogP contribution in [0.5, 0.6) is 0 Å². The van der Waals surface area contributed by atoms with Gasteiger partial charge in [-0.3, -0.25) is 4.90 Å². The second-order valence-corrected chi connectivity index (χ2v) is 4.01. The Balaban J connectivity index is 2.48. The van der Waals surface area contributed by atoms with E-state index in [2.05, 4.69) is 9.97 Å². The molecule has 86 valence electrons. The zero-order chi connectivity index (χ0) is 11.7. The van der Waals surface area contributed by atoms with E-state index in [4.69, 9.17) is 4.74 Å². The second kappa shape index (κ2) is 4.08. The molecule has 2 heterocycles. The minimum absolute atomic E-state index is 0.0335. The maximum atomic E-state index is 11.6. The lowest BCUT2D eigenvalue weighted by molar-refractivity contribution is 0.139. The van der Waals surface area contributed by atoms with Crippen LogP contribution in [0.2, 0.25) is 0 Å². The monoisotopic (exact) mass is 221 g/mol. The van der Waals surface area contributed by atoms with E-state index in [1.54, 1.807) is 11.1 Å². The third-order valence-corrected chi connectivity index (χ3v) is 2.50. The van der Waals surface area contributed by atoms with Crippen molar-refractivity contribution in [2.75, 3.05) is 4.90 Å². The molecule has 1 aromatic rings. The Hall–Kier alpha value is -1.65. The molecule has 0 aliphatic carbocycles. The Morgan fingerprint density at radius 2 is 2.31 bits per heavy atom. The van der Waals surface area contributed by atoms with Gasteiger partial charge < -0.3 is 4.74 Å². The summed E-state index contributed by atoms with van der Waals surface area (Å²) in [5, 5.41) is 0. The van der Waals surface area contributed by atoms with Crippen LogP contribution in [-0.2, 0) is 17.8 Å². The average molecular weight is 221 g/mol. The largest absolute Gasteiger partial charge is 0.444 e. The van der Waals surface area contributed by atoms with Crippen molar-refractivity contribution >= 4 is 11.9 Å². The van der Waals surface area contributed by atoms with Crippen molar-refractivity contribution in [2.45, 2.75) is 39.8 Å². The van der Waals surface area contributed by atoms with Crippen molar-refractivity contribution in [2.24, 2.45) is 0 Å². The summed E-state index contributed by atoms with van der Waals surface area (Å²) < 4.78 is 5.06. The number of ether oxygens (including phenoxy) is 1. The van der Waals surface area contributed by atoms with Crippen molar-refractivity contribution in [3.8, 4) is 0 Å². The Morgan fingerprint density at radius 3 is 2.94 bits per heavy atom. The van der Waals surface area contributed by atoms with Crippen LogP contribution < -0.4 is 4.90 Å². The first-order chi connectivity index (χ1) is 7.63. The molecule has 5 heteroatoms. The van der Waals surface area contributed by atoms with E-state index >= 15 is 0 Å². The molecule has 16 heavy (non-hydrogen) atoms. The Morgan fingerprint density at radius 1 is 1.56 bits per heavy atom. The normalized spacial score (nSPS) is 15.0. The van der Waals surface area contributed by atoms with Crippen LogP contribution >= 0.6 is 0 Å². The van der Waals surface area contributed by atoms with Crippen LogP contribution in [0.1, 0.15) is 32.2 Å². The average Bonchev–Trinajstić information content (AvgIpc) is 2.27. The number of hydrogen-bond donors (Lipinski definition) is 0. The van der Waals surface area contributed by atoms with Gasteiger partial charge in [-0.15, -0.1) is 0 Å². The Bertz CT molecular complexity index is 418. The summed E-state index contributed by atoms with van der Waals surface area (Å²) in [6.45, 7) is 6.12. The molecule has 5 nitrogen and oxygen atoms in total. The molecule has 0 N–H and O–H groups in total. The van der Waals surface area contributed by atoms with Crippen molar-refractivity contribution in [1.29, 1.82) is 0 Å². The lowest BCUT2D eigenvalue weighted by Crippen LogP contribution is -2.41. The van der Waals surface area contributed by atoms with Crippen molar-refractivity contribution < 1.29 is 9.53 Å². The summed E-state index contributed by atoms with van der Waals surface area (Å²) >= 11 is 0. The van der Waals surface area contributed by atoms with Crippen LogP contribution in [-0.4, -0.2) is 22.1 Å². The van der Waals surface area contributed by atoms with E-state index in [0.717, 1.165) is 17.8 Å². The molecule has 0 saturated carbocycles. The quantitative estimate of drug-likeness (QED) is 0.765. The van der Waals surface area contributed by atoms with Crippen LogP contribution in [0.25, 0.3) is 0 Å². The molecular weight excluding hydrogens is 206 g/mol. The van der Waals surface area contributed by atoms with E-state index in [1.165, 1.54) is 0 Å². The lowest BCUT2D eigenvalue weighted by Gasteiger charge is -2.30. The third-order valence-electron chi connectivity index (χ3n) is 2.50. The summed E-state index contributed by atoms with van der Waals surface area (Å²) in [6.07, 6.45) is 2.17. The van der Waals surface area contributed by atoms with E-state index in [0.29, 0.717) is 5.82 Å². The smallest absolute Gasteiger partial charge is 0.416 e. The first-order valence-electron chi connectivity index (χ1n) is 5.44. The fraction of sp³-hybridized carbons (Fsp3) is 0.545. The van der Waals surface area contributed by atoms with Gasteiger partial charge in [0.2, 0.25) is 0 Å². The van der Waals surface area contributed by atoms with Gasteiger partial charge in [0, 0.05) is 18.7 Å². The highest BCUT2D eigenvalue weighted by Gasteiger charge is 2.29. The molecule has 0 fully saturated rings. The van der Waals surface area contributed by atoms with E-state index in [9.17, 15) is 4.79 Å². The fourth-order valence-electron chi connectivity index (χ4n) is 1.66. The highest BCUT2D eigenvalue weighted by atomic mass is 16.6. The predicted molar refractivity (Wildman–Crippen MR) is 59.2 cm³/mol. The van der Waals surface area contributed by atoms with Crippen LogP contribution in [0, 0.1) is 0 Å². The van der Waals surface area contributed by atoms with Crippen molar-refractivity contribution in [1.82, 2.24) is 9.97 Å². The molecule has 0 saturated heterocycles. The van der Waals surface area contributed by atoms with Gasteiger partial charge in [0.15, 0.2) is 0 Å². The maximum Gasteiger partial charge on any atom is 0.416 e. The Kier molecular flexibility index (Phi) is 2.77. The van der Waals surface area contributed by atoms with Gasteiger partial charge in [-0.25, -0.2) is 14.8 Å². The number of anilines is 1. The first kappa shape index (κ1) is 10.9. The second-order valence-electron chi connectivity index (χ2n) is 4.01. The molecule has 0 atom stereocenters. The van der Waals surface area contributed by atoms with Gasteiger partial charge >= 0.3 is 6.09 Å². The zero-order valence-electron chi connectivity index (χ0n) is 9.73. The summed E-state index contributed by atoms with van der Waals surface area (Å²) in [6, 6.07) is 0.0335. The van der Waals surface area contributed by atoms with Gasteiger partial charge in [-0.1, -0.05) is 6.92 Å². The molecule has 2 rings (SSSR count). The predicted octanol–water partition coefficient (Wildman–Crippen LogP) is 1.90. The molecule has 0 unspecified atom stereocenters. The number of carbonyl (C=O) groups is 1. The number of aromatic nitrogens is 2. The highest BCUT2D eigenvalue weighted by molar-refractivity contribution is 5.89. The molecule has 0 radical (unpaired) electrons. The number of amides is 1. The number of carbonyl (C=O) groups excluding carboxylic acids is 1. The molecule has 1 aromatic heterocycles. The molecule has 0 aromatic carbocycles. The van der Waals surface area contributed by atoms with Gasteiger partial charge in [0.1, 0.15) is 18.2 Å². The van der Waals surface area contributed by atoms with Crippen molar-refractivity contribution in [3.05, 3.63) is 17.6 Å². The fourth-order valence-corrected chi connectivity index (χ4v) is 1.66. The molecule has 1 aliphatic heterocycles. The van der Waals surface area contributed by atoms with Crippen LogP contribution in [0.15, 0.2) is 6.20 Å². The topological polar surface area (TPSA) is 55.3 Å². The first-order valence-corrected chi connectivity index (χ1v) is 5.44. The minimum Gasteiger partial charge on any atom is -0.444 e. The molecular formula is C11H15N3O2. The summed E-state index contributed by atoms with van der Waals surface area (Å²) in [5.41, 5.74) is 0.866. The molecule has 0 spiro atoms. The SMILES string of the molecule is CCc1ncc2c(n1)N(C(C)C)C(=O)OC2. The summed E-state index contributed by atoms with van der Waals surface area (Å²) in [4.78, 5) is 21.8. The molecule has 0 bridgehead atoms. The summed E-state index contributed by atoms with van der Waals surface area (Å²) in [5.74, 6) is 1.44. The van der Waals surface area contributed by atoms with Gasteiger partial charge in [0.25, 0.3) is 0 Å². The van der Waals surface area contributed by atoms with Gasteiger partial charge in [-0.2, -0.15) is 0 Å². The Labute approximate surface area is 94.5 Å². The number of nitrogens with zero attached hydrogens (tertiary/aromatic N) is 3. The van der Waals surface area contributed by atoms with Crippen molar-refractivity contribution in [3.63, 3.8) is 0 Å². The minimum atomic E-state index is -0.330. The lowest BCUT2D eigenvalue weighted by atomic mass is 10.2. The molecule has 1 amide bonds. The van der Waals surface area contributed by atoms with Gasteiger partial charge in [-0.05, 0) is 13.8 Å². The zero-order valence-corrected chi connectivity index (χ0v) is 9.73. The van der Waals surface area contributed by atoms with Crippen LogP contribution in [0.4, 0.5) is 10.6 Å². The number of aryl methyl sites for hydroxylation is 1. The van der Waals surface area contributed by atoms with E-state index in [-0.39, 0.29) is 18.7 Å². The van der Waals surface area contributed by atoms with E-state index < -0.39 is 0 Å². The molecule has 1 aliphatic rings. The highest BCUT2D eigenvalue weighted by Crippen LogP contribution is 2.26. The van der Waals surface area contributed by atoms with E-state index in [1.807, 2.05) is 20.8 Å².